The van der Waals surface area contributed by atoms with Crippen molar-refractivity contribution >= 4 is 17.9 Å². The molecule has 0 aromatic carbocycles. The van der Waals surface area contributed by atoms with Crippen molar-refractivity contribution in [3.8, 4) is 0 Å². The molecule has 0 heterocycles. The molecule has 0 amide bonds. The summed E-state index contributed by atoms with van der Waals surface area (Å²) in [5, 5.41) is 0. The molecule has 6 nitrogen and oxygen atoms in total. The molecule has 0 aromatic heterocycles. The average molecular weight is 1150 g/mol. The maximum absolute atomic E-state index is 12.9. The molecule has 0 N–H and O–H groups in total. The van der Waals surface area contributed by atoms with Crippen molar-refractivity contribution in [3.05, 3.63) is 158 Å². The first-order chi connectivity index (χ1) is 41.0. The van der Waals surface area contributed by atoms with E-state index in [4.69, 9.17) is 14.2 Å². The second-order valence-electron chi connectivity index (χ2n) is 22.0. The predicted octanol–water partition coefficient (Wildman–Crippen LogP) is 23.7. The molecule has 0 saturated heterocycles. The Morgan fingerprint density at radius 3 is 0.783 bits per heavy atom. The Kier molecular flexibility index (Phi) is 65.4. The fourth-order valence-corrected chi connectivity index (χ4v) is 9.04. The Hall–Kier alpha value is -4.97. The van der Waals surface area contributed by atoms with Crippen molar-refractivity contribution in [1.29, 1.82) is 0 Å². The predicted molar refractivity (Wildman–Crippen MR) is 362 cm³/mol. The highest BCUT2D eigenvalue weighted by Crippen LogP contribution is 2.16. The van der Waals surface area contributed by atoms with E-state index in [2.05, 4.69) is 173 Å². The first kappa shape index (κ1) is 78.0. The fourth-order valence-electron chi connectivity index (χ4n) is 9.04. The molecule has 0 rings (SSSR count). The van der Waals surface area contributed by atoms with E-state index < -0.39 is 12.1 Å². The lowest BCUT2D eigenvalue weighted by atomic mass is 10.0. The summed E-state index contributed by atoms with van der Waals surface area (Å²) < 4.78 is 16.9. The summed E-state index contributed by atoms with van der Waals surface area (Å²) in [4.78, 5) is 38.4. The molecule has 1 unspecified atom stereocenters. The Bertz CT molecular complexity index is 1840. The fraction of sp³-hybridized carbons (Fsp3) is 0.623. The smallest absolute Gasteiger partial charge is 0.306 e. The van der Waals surface area contributed by atoms with Crippen LogP contribution >= 0.6 is 0 Å². The molecule has 468 valence electrons. The zero-order valence-corrected chi connectivity index (χ0v) is 53.7. The first-order valence-electron chi connectivity index (χ1n) is 34.0. The van der Waals surface area contributed by atoms with Gasteiger partial charge in [-0.15, -0.1) is 0 Å². The second-order valence-corrected chi connectivity index (χ2v) is 22.0. The summed E-state index contributed by atoms with van der Waals surface area (Å²) in [6.07, 6.45) is 101. The zero-order valence-electron chi connectivity index (χ0n) is 53.7. The Morgan fingerprint density at radius 2 is 0.494 bits per heavy atom. The van der Waals surface area contributed by atoms with Gasteiger partial charge in [-0.05, 0) is 116 Å². The van der Waals surface area contributed by atoms with Gasteiger partial charge in [-0.2, -0.15) is 0 Å². The molecule has 83 heavy (non-hydrogen) atoms. The number of allylic oxidation sites excluding steroid dienone is 26. The van der Waals surface area contributed by atoms with Crippen molar-refractivity contribution in [1.82, 2.24) is 0 Å². The maximum atomic E-state index is 12.9. The van der Waals surface area contributed by atoms with Crippen molar-refractivity contribution in [3.63, 3.8) is 0 Å². The molecule has 6 heteroatoms. The molecular formula is C77H124O6. The van der Waals surface area contributed by atoms with Gasteiger partial charge in [-0.3, -0.25) is 14.4 Å². The second kappa shape index (κ2) is 69.5. The van der Waals surface area contributed by atoms with Crippen LogP contribution < -0.4 is 0 Å². The molecule has 0 bridgehead atoms. The first-order valence-corrected chi connectivity index (χ1v) is 34.0. The van der Waals surface area contributed by atoms with E-state index in [0.29, 0.717) is 19.3 Å². The van der Waals surface area contributed by atoms with E-state index in [0.717, 1.165) is 128 Å². The van der Waals surface area contributed by atoms with Crippen LogP contribution in [0.5, 0.6) is 0 Å². The number of hydrogen-bond acceptors (Lipinski definition) is 6. The summed E-state index contributed by atoms with van der Waals surface area (Å²) in [5.41, 5.74) is 0. The minimum Gasteiger partial charge on any atom is -0.462 e. The van der Waals surface area contributed by atoms with E-state index in [1.807, 2.05) is 6.08 Å². The molecule has 0 spiro atoms. The summed E-state index contributed by atoms with van der Waals surface area (Å²) in [6.45, 7) is 6.36. The van der Waals surface area contributed by atoms with Gasteiger partial charge in [-0.25, -0.2) is 0 Å². The van der Waals surface area contributed by atoms with Crippen molar-refractivity contribution in [2.24, 2.45) is 0 Å². The molecular weight excluding hydrogens is 1020 g/mol. The van der Waals surface area contributed by atoms with Gasteiger partial charge in [0.15, 0.2) is 6.10 Å². The normalized spacial score (nSPS) is 13.1. The summed E-state index contributed by atoms with van der Waals surface area (Å²) in [6, 6.07) is 0. The number of carbonyl (C=O) groups excluding carboxylic acids is 3. The van der Waals surface area contributed by atoms with Crippen LogP contribution in [-0.4, -0.2) is 37.2 Å². The van der Waals surface area contributed by atoms with Crippen molar-refractivity contribution in [2.45, 2.75) is 297 Å². The largest absolute Gasteiger partial charge is 0.462 e. The van der Waals surface area contributed by atoms with E-state index >= 15 is 0 Å². The van der Waals surface area contributed by atoms with Gasteiger partial charge < -0.3 is 14.2 Å². The molecule has 0 aromatic rings. The standard InChI is InChI=1S/C77H124O6/c1-4-7-10-13-16-19-22-25-28-30-32-33-34-35-36-37-38-39-40-41-42-43-45-46-49-52-55-58-61-64-67-70-76(79)82-73-74(72-81-75(78)69-66-63-60-57-54-51-48-27-24-21-18-15-12-9-6-3)83-77(80)71-68-65-62-59-56-53-50-47-44-31-29-26-23-20-17-14-11-8-5-2/h7-8,10-11,16-17,19-20,25-26,28-29,32-33,35-36,38-39,41-42,44,47,53,56,62,65,74H,4-6,9,12-15,18,21-24,27,30-31,34,37,40,43,45-46,48-52,54-55,57-61,63-64,66-73H2,1-3H3/b10-7-,11-8-,19-16-,20-17-,28-25-,29-26-,33-32-,36-35-,39-38-,42-41-,47-44-,56-53-,65-62-. The molecule has 0 aliphatic carbocycles. The van der Waals surface area contributed by atoms with Crippen LogP contribution in [0.4, 0.5) is 0 Å². The van der Waals surface area contributed by atoms with E-state index in [1.54, 1.807) is 0 Å². The van der Waals surface area contributed by atoms with Crippen LogP contribution in [0, 0.1) is 0 Å². The number of hydrogen-bond donors (Lipinski definition) is 0. The van der Waals surface area contributed by atoms with Gasteiger partial charge in [0, 0.05) is 19.3 Å². The van der Waals surface area contributed by atoms with E-state index in [1.165, 1.54) is 116 Å². The quantitative estimate of drug-likeness (QED) is 0.0261. The van der Waals surface area contributed by atoms with Crippen molar-refractivity contribution < 1.29 is 28.6 Å². The highest BCUT2D eigenvalue weighted by molar-refractivity contribution is 5.71. The van der Waals surface area contributed by atoms with Crippen LogP contribution in [0.25, 0.3) is 0 Å². The minimum absolute atomic E-state index is 0.113. The SMILES string of the molecule is CC/C=C\C/C=C\C/C=C\C/C=C\C/C=C\C/C=C\C/C=C\CCCCCCCCCCCC(=O)OCC(COC(=O)CCCCCCCCCCCCCCCCC)OC(=O)CC/C=C\C/C=C\C/C=C\C/C=C\C/C=C\C/C=C\CC. The van der Waals surface area contributed by atoms with Gasteiger partial charge in [0.05, 0.1) is 0 Å². The molecule has 0 saturated carbocycles. The lowest BCUT2D eigenvalue weighted by Crippen LogP contribution is -2.30. The highest BCUT2D eigenvalue weighted by Gasteiger charge is 2.19. The van der Waals surface area contributed by atoms with Crippen LogP contribution in [0.2, 0.25) is 0 Å². The minimum atomic E-state index is -0.828. The van der Waals surface area contributed by atoms with Gasteiger partial charge in [0.25, 0.3) is 0 Å². The topological polar surface area (TPSA) is 78.9 Å². The monoisotopic (exact) mass is 1140 g/mol. The maximum Gasteiger partial charge on any atom is 0.306 e. The molecule has 0 radical (unpaired) electrons. The highest BCUT2D eigenvalue weighted by atomic mass is 16.6. The number of unbranched alkanes of at least 4 members (excludes halogenated alkanes) is 23. The van der Waals surface area contributed by atoms with Crippen LogP contribution in [0.15, 0.2) is 158 Å². The van der Waals surface area contributed by atoms with E-state index in [-0.39, 0.29) is 31.6 Å². The molecule has 0 aliphatic rings. The van der Waals surface area contributed by atoms with Gasteiger partial charge in [0.2, 0.25) is 0 Å². The third-order valence-electron chi connectivity index (χ3n) is 14.0. The Morgan fingerprint density at radius 1 is 0.253 bits per heavy atom. The Labute approximate surface area is 511 Å². The number of rotatable bonds is 60. The summed E-state index contributed by atoms with van der Waals surface area (Å²) >= 11 is 0. The average Bonchev–Trinajstić information content (AvgIpc) is 3.49. The lowest BCUT2D eigenvalue weighted by molar-refractivity contribution is -0.166. The van der Waals surface area contributed by atoms with Crippen LogP contribution in [-0.2, 0) is 28.6 Å². The number of esters is 3. The number of ether oxygens (including phenoxy) is 3. The van der Waals surface area contributed by atoms with E-state index in [9.17, 15) is 14.4 Å². The zero-order chi connectivity index (χ0) is 59.9. The Balaban J connectivity index is 4.41. The van der Waals surface area contributed by atoms with Gasteiger partial charge in [-0.1, -0.05) is 314 Å². The van der Waals surface area contributed by atoms with Crippen LogP contribution in [0.1, 0.15) is 290 Å². The molecule has 0 aliphatic heterocycles. The lowest BCUT2D eigenvalue weighted by Gasteiger charge is -2.18. The molecule has 1 atom stereocenters. The van der Waals surface area contributed by atoms with Gasteiger partial charge >= 0.3 is 17.9 Å². The van der Waals surface area contributed by atoms with Gasteiger partial charge in [0.1, 0.15) is 13.2 Å². The summed E-state index contributed by atoms with van der Waals surface area (Å²) in [7, 11) is 0. The number of carbonyl (C=O) groups is 3. The summed E-state index contributed by atoms with van der Waals surface area (Å²) in [5.74, 6) is -1.00. The third-order valence-corrected chi connectivity index (χ3v) is 14.0. The molecule has 0 fully saturated rings. The third kappa shape index (κ3) is 67.7. The van der Waals surface area contributed by atoms with Crippen LogP contribution in [0.3, 0.4) is 0 Å². The van der Waals surface area contributed by atoms with Crippen molar-refractivity contribution in [2.75, 3.05) is 13.2 Å².